The minimum absolute atomic E-state index is 0.0164. The minimum Gasteiger partial charge on any atom is -0.318 e. The van der Waals surface area contributed by atoms with Crippen molar-refractivity contribution in [3.8, 4) is 0 Å². The molecular weight excluding hydrogens is 516 g/mol. The molecule has 4 rings (SSSR count). The van der Waals surface area contributed by atoms with Crippen molar-refractivity contribution in [2.75, 3.05) is 0 Å². The first-order valence-corrected chi connectivity index (χ1v) is 12.6. The summed E-state index contributed by atoms with van der Waals surface area (Å²) >= 11 is 1.44. The van der Waals surface area contributed by atoms with E-state index in [-0.39, 0.29) is 28.3 Å². The van der Waals surface area contributed by atoms with Crippen LogP contribution in [0.5, 0.6) is 0 Å². The summed E-state index contributed by atoms with van der Waals surface area (Å²) in [6.07, 6.45) is 0. The average Bonchev–Trinajstić information content (AvgIpc) is 2.94. The van der Waals surface area contributed by atoms with Crippen LogP contribution in [-0.4, -0.2) is 28.2 Å². The molecule has 0 saturated heterocycles. The lowest BCUT2D eigenvalue weighted by atomic mass is 9.96. The quantitative estimate of drug-likeness (QED) is 0.0792. The number of hydrogen-bond donors (Lipinski definition) is 0. The third-order valence-electron chi connectivity index (χ3n) is 5.67. The van der Waals surface area contributed by atoms with Crippen molar-refractivity contribution in [3.63, 3.8) is 0 Å². The van der Waals surface area contributed by atoms with Crippen LogP contribution in [0.25, 0.3) is 0 Å². The van der Waals surface area contributed by atoms with Gasteiger partial charge < -0.3 is 4.84 Å². The van der Waals surface area contributed by atoms with E-state index in [4.69, 9.17) is 4.84 Å². The number of nitrogens with zero attached hydrogens (tertiary/aromatic N) is 2. The average molecular weight is 539 g/mol. The smallest absolute Gasteiger partial charge is 0.318 e. The van der Waals surface area contributed by atoms with Gasteiger partial charge in [0.1, 0.15) is 0 Å². The van der Waals surface area contributed by atoms with Gasteiger partial charge in [0.05, 0.1) is 10.5 Å². The summed E-state index contributed by atoms with van der Waals surface area (Å²) in [6, 6.07) is 27.3. The molecule has 4 aromatic carbocycles. The molecule has 8 nitrogen and oxygen atoms in total. The molecule has 9 heteroatoms. The number of carbonyl (C=O) groups excluding carboxylic acids is 3. The van der Waals surface area contributed by atoms with E-state index in [2.05, 4.69) is 5.16 Å². The zero-order valence-corrected chi connectivity index (χ0v) is 21.8. The molecule has 0 unspecified atom stereocenters. The van der Waals surface area contributed by atoms with E-state index < -0.39 is 16.7 Å². The predicted molar refractivity (Wildman–Crippen MR) is 147 cm³/mol. The van der Waals surface area contributed by atoms with Gasteiger partial charge in [0.2, 0.25) is 5.78 Å². The number of benzene rings is 4. The molecule has 0 aliphatic rings. The Morgan fingerprint density at radius 1 is 0.769 bits per heavy atom. The van der Waals surface area contributed by atoms with E-state index in [1.165, 1.54) is 23.9 Å². The van der Waals surface area contributed by atoms with Crippen LogP contribution in [0.1, 0.15) is 44.3 Å². The van der Waals surface area contributed by atoms with Crippen molar-refractivity contribution in [1.82, 2.24) is 0 Å². The van der Waals surface area contributed by atoms with E-state index in [9.17, 15) is 24.5 Å². The van der Waals surface area contributed by atoms with Crippen LogP contribution in [-0.2, 0) is 9.63 Å². The fourth-order valence-electron chi connectivity index (χ4n) is 3.80. The summed E-state index contributed by atoms with van der Waals surface area (Å²) in [6.45, 7) is 2.73. The number of oxime groups is 1. The molecule has 194 valence electrons. The van der Waals surface area contributed by atoms with Gasteiger partial charge in [-0.25, -0.2) is 4.79 Å². The summed E-state index contributed by atoms with van der Waals surface area (Å²) in [7, 11) is 0. The highest BCUT2D eigenvalue weighted by Gasteiger charge is 2.27. The molecule has 0 saturated carbocycles. The molecule has 0 aliphatic heterocycles. The predicted octanol–water partition coefficient (Wildman–Crippen LogP) is 6.44. The maximum Gasteiger partial charge on any atom is 0.332 e. The second-order valence-electron chi connectivity index (χ2n) is 8.42. The molecule has 0 N–H and O–H groups in total. The van der Waals surface area contributed by atoms with Crippen molar-refractivity contribution in [2.45, 2.75) is 23.6 Å². The summed E-state index contributed by atoms with van der Waals surface area (Å²) in [5.41, 5.74) is 1.17. The highest BCUT2D eigenvalue weighted by molar-refractivity contribution is 7.99. The SMILES string of the molecule is CC(=O)O/N=C(/C(=O)c1ccc(Sc2ccc(C(=O)c3ccccc3)cc2)cc1)c1c(C)cccc1[N+](=O)[O-]. The third kappa shape index (κ3) is 6.52. The maximum atomic E-state index is 13.4. The number of carbonyl (C=O) groups is 3. The number of aryl methyl sites for hydroxylation is 1. The fraction of sp³-hybridized carbons (Fsp3) is 0.0667. The monoisotopic (exact) mass is 538 g/mol. The molecule has 0 fully saturated rings. The van der Waals surface area contributed by atoms with Crippen molar-refractivity contribution < 1.29 is 24.1 Å². The molecule has 0 atom stereocenters. The van der Waals surface area contributed by atoms with Crippen LogP contribution in [0.3, 0.4) is 0 Å². The Morgan fingerprint density at radius 3 is 1.90 bits per heavy atom. The topological polar surface area (TPSA) is 116 Å². The highest BCUT2D eigenvalue weighted by atomic mass is 32.2. The Balaban J connectivity index is 1.55. The van der Waals surface area contributed by atoms with Gasteiger partial charge in [-0.1, -0.05) is 59.4 Å². The van der Waals surface area contributed by atoms with Gasteiger partial charge in [-0.3, -0.25) is 19.7 Å². The van der Waals surface area contributed by atoms with Crippen LogP contribution in [0.2, 0.25) is 0 Å². The van der Waals surface area contributed by atoms with Crippen LogP contribution in [0.15, 0.2) is 112 Å². The summed E-state index contributed by atoms with van der Waals surface area (Å²) in [5, 5.41) is 15.3. The molecule has 0 radical (unpaired) electrons. The van der Waals surface area contributed by atoms with E-state index in [1.807, 2.05) is 30.3 Å². The number of Topliss-reactive ketones (excluding diaryl/α,β-unsaturated/α-hetero) is 1. The Labute approximate surface area is 228 Å². The second kappa shape index (κ2) is 12.1. The normalized spacial score (nSPS) is 11.1. The molecule has 0 bridgehead atoms. The van der Waals surface area contributed by atoms with Crippen molar-refractivity contribution in [1.29, 1.82) is 0 Å². The minimum atomic E-state index is -0.764. The fourth-order valence-corrected chi connectivity index (χ4v) is 4.62. The van der Waals surface area contributed by atoms with Gasteiger partial charge in [0.15, 0.2) is 11.5 Å². The summed E-state index contributed by atoms with van der Waals surface area (Å²) in [5.74, 6) is -1.45. The van der Waals surface area contributed by atoms with Gasteiger partial charge in [-0.2, -0.15) is 0 Å². The first-order valence-electron chi connectivity index (χ1n) is 11.8. The Morgan fingerprint density at radius 2 is 1.33 bits per heavy atom. The van der Waals surface area contributed by atoms with Gasteiger partial charge in [-0.15, -0.1) is 0 Å². The lowest BCUT2D eigenvalue weighted by Gasteiger charge is -2.10. The maximum absolute atomic E-state index is 13.4. The molecule has 39 heavy (non-hydrogen) atoms. The van der Waals surface area contributed by atoms with E-state index in [1.54, 1.807) is 61.5 Å². The lowest BCUT2D eigenvalue weighted by Crippen LogP contribution is -2.20. The van der Waals surface area contributed by atoms with Crippen LogP contribution < -0.4 is 0 Å². The zero-order valence-electron chi connectivity index (χ0n) is 21.0. The Hall–Kier alpha value is -4.89. The summed E-state index contributed by atoms with van der Waals surface area (Å²) in [4.78, 5) is 54.9. The highest BCUT2D eigenvalue weighted by Crippen LogP contribution is 2.29. The molecule has 0 heterocycles. The molecule has 0 amide bonds. The number of nitro benzene ring substituents is 1. The van der Waals surface area contributed by atoms with E-state index in [0.29, 0.717) is 16.7 Å². The van der Waals surface area contributed by atoms with E-state index >= 15 is 0 Å². The van der Waals surface area contributed by atoms with Crippen molar-refractivity contribution >= 4 is 40.7 Å². The largest absolute Gasteiger partial charge is 0.332 e. The molecule has 0 aliphatic carbocycles. The third-order valence-corrected chi connectivity index (χ3v) is 6.69. The summed E-state index contributed by atoms with van der Waals surface area (Å²) < 4.78 is 0. The van der Waals surface area contributed by atoms with Crippen LogP contribution in [0.4, 0.5) is 5.69 Å². The number of nitro groups is 1. The lowest BCUT2D eigenvalue weighted by molar-refractivity contribution is -0.385. The molecule has 0 spiro atoms. The standard InChI is InChI=1S/C30H22N2O6S/c1-19-7-6-10-26(32(36)37)27(19)28(31-38-20(2)33)30(35)23-13-17-25(18-14-23)39-24-15-11-22(12-16-24)29(34)21-8-4-3-5-9-21/h3-18H,1-2H3/b31-28+. The zero-order chi connectivity index (χ0) is 27.9. The van der Waals surface area contributed by atoms with E-state index in [0.717, 1.165) is 16.7 Å². The van der Waals surface area contributed by atoms with Crippen molar-refractivity contribution in [2.24, 2.45) is 5.16 Å². The van der Waals surface area contributed by atoms with Crippen LogP contribution >= 0.6 is 11.8 Å². The second-order valence-corrected chi connectivity index (χ2v) is 9.57. The van der Waals surface area contributed by atoms with Gasteiger partial charge >= 0.3 is 5.97 Å². The first-order chi connectivity index (χ1) is 18.7. The number of hydrogen-bond acceptors (Lipinski definition) is 8. The Kier molecular flexibility index (Phi) is 8.43. The first kappa shape index (κ1) is 27.2. The Bertz CT molecular complexity index is 1580. The van der Waals surface area contributed by atoms with Gasteiger partial charge in [0.25, 0.3) is 5.69 Å². The molecular formula is C30H22N2O6S. The molecule has 4 aromatic rings. The molecule has 0 aromatic heterocycles. The number of ketones is 2. The van der Waals surface area contributed by atoms with Gasteiger partial charge in [0, 0.05) is 39.5 Å². The number of rotatable bonds is 9. The van der Waals surface area contributed by atoms with Gasteiger partial charge in [-0.05, 0) is 61.0 Å². The van der Waals surface area contributed by atoms with Crippen molar-refractivity contribution in [3.05, 3.63) is 135 Å². The van der Waals surface area contributed by atoms with Crippen LogP contribution in [0, 0.1) is 17.0 Å².